The SMILES string of the molecule is CC(C)Sc1nc(N2CCNCC2)c2c3c(sc2n1)COC(C)(C)C3. The number of aromatic nitrogens is 2. The van der Waals surface area contributed by atoms with Crippen LogP contribution < -0.4 is 10.2 Å². The summed E-state index contributed by atoms with van der Waals surface area (Å²) in [6.07, 6.45) is 0.932. The molecule has 2 aromatic rings. The number of hydrogen-bond donors (Lipinski definition) is 1. The lowest BCUT2D eigenvalue weighted by Gasteiger charge is -2.32. The van der Waals surface area contributed by atoms with Gasteiger partial charge in [0.05, 0.1) is 17.6 Å². The Morgan fingerprint density at radius 2 is 2.00 bits per heavy atom. The van der Waals surface area contributed by atoms with Crippen molar-refractivity contribution >= 4 is 39.1 Å². The summed E-state index contributed by atoms with van der Waals surface area (Å²) in [6, 6.07) is 0. The van der Waals surface area contributed by atoms with E-state index in [1.807, 2.05) is 0 Å². The number of anilines is 1. The average Bonchev–Trinajstić information content (AvgIpc) is 2.91. The summed E-state index contributed by atoms with van der Waals surface area (Å²) in [5.41, 5.74) is 1.29. The predicted octanol–water partition coefficient (Wildman–Crippen LogP) is 3.45. The van der Waals surface area contributed by atoms with Gasteiger partial charge in [0, 0.05) is 42.7 Å². The molecule has 0 unspecified atom stereocenters. The minimum atomic E-state index is -0.118. The van der Waals surface area contributed by atoms with Gasteiger partial charge < -0.3 is 15.0 Å². The first-order valence-electron chi connectivity index (χ1n) is 9.01. The molecule has 136 valence electrons. The van der Waals surface area contributed by atoms with Gasteiger partial charge in [-0.2, -0.15) is 0 Å². The summed E-state index contributed by atoms with van der Waals surface area (Å²) >= 11 is 3.54. The van der Waals surface area contributed by atoms with Crippen molar-refractivity contribution in [2.75, 3.05) is 31.1 Å². The van der Waals surface area contributed by atoms with Crippen LogP contribution in [0.15, 0.2) is 5.16 Å². The third kappa shape index (κ3) is 3.52. The molecule has 0 aliphatic carbocycles. The molecule has 5 nitrogen and oxygen atoms in total. The smallest absolute Gasteiger partial charge is 0.191 e. The Kier molecular flexibility index (Phi) is 4.68. The minimum absolute atomic E-state index is 0.118. The molecule has 4 heterocycles. The Labute approximate surface area is 157 Å². The summed E-state index contributed by atoms with van der Waals surface area (Å²) in [5, 5.41) is 6.09. The molecule has 7 heteroatoms. The predicted molar refractivity (Wildman–Crippen MR) is 106 cm³/mol. The fourth-order valence-electron chi connectivity index (χ4n) is 3.48. The third-order valence-corrected chi connectivity index (χ3v) is 6.61. The monoisotopic (exact) mass is 378 g/mol. The lowest BCUT2D eigenvalue weighted by Crippen LogP contribution is -2.44. The number of thioether (sulfide) groups is 1. The zero-order valence-electron chi connectivity index (χ0n) is 15.4. The van der Waals surface area contributed by atoms with E-state index in [9.17, 15) is 0 Å². The number of hydrogen-bond acceptors (Lipinski definition) is 7. The van der Waals surface area contributed by atoms with Crippen molar-refractivity contribution in [2.24, 2.45) is 0 Å². The van der Waals surface area contributed by atoms with Gasteiger partial charge in [0.15, 0.2) is 5.16 Å². The third-order valence-electron chi connectivity index (χ3n) is 4.65. The Morgan fingerprint density at radius 1 is 1.24 bits per heavy atom. The molecule has 0 amide bonds. The zero-order chi connectivity index (χ0) is 17.6. The molecule has 0 aromatic carbocycles. The number of fused-ring (bicyclic) bond motifs is 3. The highest BCUT2D eigenvalue weighted by atomic mass is 32.2. The van der Waals surface area contributed by atoms with Crippen LogP contribution in [0.4, 0.5) is 5.82 Å². The van der Waals surface area contributed by atoms with Gasteiger partial charge in [0.25, 0.3) is 0 Å². The first kappa shape index (κ1) is 17.5. The molecule has 0 radical (unpaired) electrons. The van der Waals surface area contributed by atoms with Crippen LogP contribution in [-0.2, 0) is 17.8 Å². The minimum Gasteiger partial charge on any atom is -0.370 e. The van der Waals surface area contributed by atoms with E-state index in [0.29, 0.717) is 11.9 Å². The van der Waals surface area contributed by atoms with Gasteiger partial charge in [-0.3, -0.25) is 0 Å². The van der Waals surface area contributed by atoms with Crippen LogP contribution in [0, 0.1) is 0 Å². The van der Waals surface area contributed by atoms with Gasteiger partial charge in [-0.05, 0) is 19.4 Å². The molecule has 0 atom stereocenters. The van der Waals surface area contributed by atoms with Crippen molar-refractivity contribution in [1.82, 2.24) is 15.3 Å². The van der Waals surface area contributed by atoms with E-state index < -0.39 is 0 Å². The molecule has 2 aliphatic heterocycles. The summed E-state index contributed by atoms with van der Waals surface area (Å²) in [6.45, 7) is 13.5. The van der Waals surface area contributed by atoms with Gasteiger partial charge in [0.2, 0.25) is 0 Å². The van der Waals surface area contributed by atoms with Crippen molar-refractivity contribution in [3.63, 3.8) is 0 Å². The van der Waals surface area contributed by atoms with Crippen molar-refractivity contribution < 1.29 is 4.74 Å². The Hall–Kier alpha value is -0.890. The molecule has 4 rings (SSSR count). The summed E-state index contributed by atoms with van der Waals surface area (Å²) in [7, 11) is 0. The molecule has 1 saturated heterocycles. The second-order valence-electron chi connectivity index (χ2n) is 7.64. The standard InChI is InChI=1S/C18H26N4OS2/c1-11(2)24-17-20-15(22-7-5-19-6-8-22)14-12-9-18(3,4)23-10-13(12)25-16(14)21-17/h11,19H,5-10H2,1-4H3. The first-order valence-corrected chi connectivity index (χ1v) is 10.7. The van der Waals surface area contributed by atoms with E-state index in [4.69, 9.17) is 14.7 Å². The van der Waals surface area contributed by atoms with E-state index in [2.05, 4.69) is 37.9 Å². The maximum absolute atomic E-state index is 6.03. The normalized spacial score (nSPS) is 20.3. The van der Waals surface area contributed by atoms with Crippen LogP contribution >= 0.6 is 23.1 Å². The Balaban J connectivity index is 1.87. The number of thiophene rings is 1. The van der Waals surface area contributed by atoms with E-state index >= 15 is 0 Å². The second kappa shape index (κ2) is 6.68. The number of nitrogens with one attached hydrogen (secondary N) is 1. The molecule has 0 saturated carbocycles. The summed E-state index contributed by atoms with van der Waals surface area (Å²) < 4.78 is 6.03. The highest BCUT2D eigenvalue weighted by Crippen LogP contribution is 2.42. The molecule has 2 aromatic heterocycles. The van der Waals surface area contributed by atoms with E-state index in [0.717, 1.165) is 48.4 Å². The highest BCUT2D eigenvalue weighted by molar-refractivity contribution is 7.99. The van der Waals surface area contributed by atoms with Gasteiger partial charge in [0.1, 0.15) is 10.6 Å². The first-order chi connectivity index (χ1) is 11.9. The lowest BCUT2D eigenvalue weighted by atomic mass is 9.94. The van der Waals surface area contributed by atoms with Gasteiger partial charge in [-0.25, -0.2) is 9.97 Å². The molecular formula is C18H26N4OS2. The number of nitrogens with zero attached hydrogens (tertiary/aromatic N) is 3. The quantitative estimate of drug-likeness (QED) is 0.652. The van der Waals surface area contributed by atoms with Crippen molar-refractivity contribution in [1.29, 1.82) is 0 Å². The average molecular weight is 379 g/mol. The molecule has 1 fully saturated rings. The lowest BCUT2D eigenvalue weighted by molar-refractivity contribution is -0.0379. The molecule has 0 spiro atoms. The molecule has 0 bridgehead atoms. The molecule has 2 aliphatic rings. The van der Waals surface area contributed by atoms with E-state index in [1.54, 1.807) is 23.1 Å². The second-order valence-corrected chi connectivity index (χ2v) is 10.3. The van der Waals surface area contributed by atoms with Crippen molar-refractivity contribution in [2.45, 2.75) is 56.7 Å². The number of ether oxygens (including phenoxy) is 1. The topological polar surface area (TPSA) is 50.3 Å². The van der Waals surface area contributed by atoms with Gasteiger partial charge >= 0.3 is 0 Å². The van der Waals surface area contributed by atoms with Crippen LogP contribution in [0.5, 0.6) is 0 Å². The van der Waals surface area contributed by atoms with Crippen LogP contribution in [0.3, 0.4) is 0 Å². The van der Waals surface area contributed by atoms with Crippen LogP contribution in [0.25, 0.3) is 10.2 Å². The molecular weight excluding hydrogens is 352 g/mol. The molecule has 1 N–H and O–H groups in total. The van der Waals surface area contributed by atoms with Crippen molar-refractivity contribution in [3.05, 3.63) is 10.4 Å². The zero-order valence-corrected chi connectivity index (χ0v) is 17.0. The Morgan fingerprint density at radius 3 is 2.72 bits per heavy atom. The fourth-order valence-corrected chi connectivity index (χ4v) is 5.34. The van der Waals surface area contributed by atoms with Crippen LogP contribution in [0.1, 0.15) is 38.1 Å². The van der Waals surface area contributed by atoms with E-state index in [-0.39, 0.29) is 5.60 Å². The van der Waals surface area contributed by atoms with Gasteiger partial charge in [-0.1, -0.05) is 25.6 Å². The summed E-state index contributed by atoms with van der Waals surface area (Å²) in [5.74, 6) is 1.13. The van der Waals surface area contributed by atoms with Crippen molar-refractivity contribution in [3.8, 4) is 0 Å². The maximum Gasteiger partial charge on any atom is 0.191 e. The fraction of sp³-hybridized carbons (Fsp3) is 0.667. The van der Waals surface area contributed by atoms with E-state index in [1.165, 1.54) is 15.8 Å². The summed E-state index contributed by atoms with van der Waals surface area (Å²) in [4.78, 5) is 14.8. The largest absolute Gasteiger partial charge is 0.370 e. The van der Waals surface area contributed by atoms with Crippen LogP contribution in [-0.4, -0.2) is 47.0 Å². The molecule has 25 heavy (non-hydrogen) atoms. The Bertz CT molecular complexity index is 781. The number of piperazine rings is 1. The van der Waals surface area contributed by atoms with Crippen LogP contribution in [0.2, 0.25) is 0 Å². The highest BCUT2D eigenvalue weighted by Gasteiger charge is 2.32. The number of rotatable bonds is 3. The van der Waals surface area contributed by atoms with Gasteiger partial charge in [-0.15, -0.1) is 11.3 Å². The maximum atomic E-state index is 6.03.